The lowest BCUT2D eigenvalue weighted by molar-refractivity contribution is -0.112. The molecule has 1 aliphatic heterocycles. The average Bonchev–Trinajstić information content (AvgIpc) is 2.93. The molecule has 1 aromatic heterocycles. The number of hydrogen-bond donors (Lipinski definition) is 0. The van der Waals surface area contributed by atoms with Crippen molar-refractivity contribution in [1.82, 2.24) is 5.16 Å². The molecule has 7 heteroatoms. The molecule has 0 spiro atoms. The fourth-order valence-corrected chi connectivity index (χ4v) is 2.65. The Bertz CT molecular complexity index is 847. The second kappa shape index (κ2) is 6.24. The lowest BCUT2D eigenvalue weighted by atomic mass is 10.0. The van der Waals surface area contributed by atoms with Crippen molar-refractivity contribution in [2.75, 3.05) is 11.4 Å². The topological polar surface area (TPSA) is 58.7 Å². The molecule has 24 heavy (non-hydrogen) atoms. The monoisotopic (exact) mass is 329 g/mol. The first-order chi connectivity index (χ1) is 11.6. The number of anilines is 1. The summed E-state index contributed by atoms with van der Waals surface area (Å²) in [6.07, 6.45) is 6.77. The van der Waals surface area contributed by atoms with Gasteiger partial charge in [-0.25, -0.2) is 8.78 Å². The number of terminal acetylenes is 1. The number of aryl methyl sites for hydroxylation is 1. The molecule has 5 nitrogen and oxygen atoms in total. The van der Waals surface area contributed by atoms with Crippen LogP contribution < -0.4 is 4.90 Å². The van der Waals surface area contributed by atoms with Gasteiger partial charge in [-0.3, -0.25) is 14.7 Å². The Morgan fingerprint density at radius 2 is 2.08 bits per heavy atom. The third-order valence-corrected chi connectivity index (χ3v) is 3.73. The van der Waals surface area contributed by atoms with Crippen LogP contribution in [0.4, 0.5) is 14.5 Å². The van der Waals surface area contributed by atoms with E-state index in [4.69, 9.17) is 10.9 Å². The Labute approximate surface area is 137 Å². The molecule has 0 saturated heterocycles. The van der Waals surface area contributed by atoms with Crippen LogP contribution in [0.3, 0.4) is 0 Å². The van der Waals surface area contributed by atoms with E-state index in [0.717, 1.165) is 18.3 Å². The van der Waals surface area contributed by atoms with Crippen molar-refractivity contribution < 1.29 is 18.1 Å². The van der Waals surface area contributed by atoms with E-state index >= 15 is 0 Å². The van der Waals surface area contributed by atoms with Crippen molar-refractivity contribution in [1.29, 1.82) is 0 Å². The molecule has 0 N–H and O–H groups in total. The van der Waals surface area contributed by atoms with E-state index in [1.807, 2.05) is 6.92 Å². The van der Waals surface area contributed by atoms with Gasteiger partial charge in [0.25, 0.3) is 5.91 Å². The molecule has 1 aliphatic rings. The number of fused-ring (bicyclic) bond motifs is 1. The molecular weight excluding hydrogens is 316 g/mol. The van der Waals surface area contributed by atoms with E-state index in [-0.39, 0.29) is 17.8 Å². The van der Waals surface area contributed by atoms with Gasteiger partial charge in [0.1, 0.15) is 29.1 Å². The molecule has 0 fully saturated rings. The highest BCUT2D eigenvalue weighted by atomic mass is 19.1. The van der Waals surface area contributed by atoms with Gasteiger partial charge in [-0.1, -0.05) is 24.1 Å². The predicted molar refractivity (Wildman–Crippen MR) is 83.8 cm³/mol. The standard InChI is InChI=1S/C17H13F2N3O2/c1-3-8-22-13(23)9-20-15(14-10(18)6-5-7-11(14)19)16-17(22)12(4-2)24-21-16/h1,5-7,9,15H,4,8H2,2H3. The van der Waals surface area contributed by atoms with E-state index in [2.05, 4.69) is 16.1 Å². The number of carbonyl (C=O) groups is 1. The normalized spacial score (nSPS) is 16.7. The summed E-state index contributed by atoms with van der Waals surface area (Å²) in [4.78, 5) is 17.6. The second-order valence-electron chi connectivity index (χ2n) is 5.14. The summed E-state index contributed by atoms with van der Waals surface area (Å²) in [6, 6.07) is 2.38. The lowest BCUT2D eigenvalue weighted by Crippen LogP contribution is -2.32. The molecule has 3 rings (SSSR count). The van der Waals surface area contributed by atoms with Gasteiger partial charge in [0.15, 0.2) is 5.76 Å². The highest BCUT2D eigenvalue weighted by Gasteiger charge is 2.35. The van der Waals surface area contributed by atoms with Gasteiger partial charge in [-0.05, 0) is 12.1 Å². The summed E-state index contributed by atoms with van der Waals surface area (Å²) in [7, 11) is 0. The molecule has 0 saturated carbocycles. The number of hydrogen-bond acceptors (Lipinski definition) is 4. The number of carbonyl (C=O) groups excluding carboxylic acids is 1. The molecule has 2 heterocycles. The van der Waals surface area contributed by atoms with Crippen LogP contribution in [0, 0.1) is 24.0 Å². The molecule has 0 radical (unpaired) electrons. The van der Waals surface area contributed by atoms with E-state index in [1.165, 1.54) is 11.0 Å². The first-order valence-corrected chi connectivity index (χ1v) is 7.29. The zero-order valence-corrected chi connectivity index (χ0v) is 12.8. The molecule has 1 atom stereocenters. The fourth-order valence-electron chi connectivity index (χ4n) is 2.65. The maximum atomic E-state index is 14.2. The number of benzene rings is 1. The zero-order valence-electron chi connectivity index (χ0n) is 12.8. The minimum atomic E-state index is -1.13. The first kappa shape index (κ1) is 15.9. The van der Waals surface area contributed by atoms with Gasteiger partial charge >= 0.3 is 0 Å². The van der Waals surface area contributed by atoms with E-state index in [1.54, 1.807) is 0 Å². The van der Waals surface area contributed by atoms with Gasteiger partial charge < -0.3 is 4.52 Å². The summed E-state index contributed by atoms with van der Waals surface area (Å²) in [5, 5.41) is 3.91. The zero-order chi connectivity index (χ0) is 17.3. The fraction of sp³-hybridized carbons (Fsp3) is 0.235. The van der Waals surface area contributed by atoms with Crippen LogP contribution in [0.2, 0.25) is 0 Å². The van der Waals surface area contributed by atoms with Crippen LogP contribution in [0.15, 0.2) is 27.7 Å². The van der Waals surface area contributed by atoms with Crippen molar-refractivity contribution in [3.63, 3.8) is 0 Å². The van der Waals surface area contributed by atoms with Crippen LogP contribution in [-0.2, 0) is 11.2 Å². The summed E-state index contributed by atoms with van der Waals surface area (Å²) >= 11 is 0. The molecule has 122 valence electrons. The van der Waals surface area contributed by atoms with Crippen molar-refractivity contribution in [3.05, 3.63) is 46.9 Å². The quantitative estimate of drug-likeness (QED) is 0.814. The third-order valence-electron chi connectivity index (χ3n) is 3.73. The molecule has 1 amide bonds. The van der Waals surface area contributed by atoms with Crippen molar-refractivity contribution in [2.24, 2.45) is 4.99 Å². The molecule has 0 aliphatic carbocycles. The van der Waals surface area contributed by atoms with Gasteiger partial charge in [0.05, 0.1) is 18.3 Å². The largest absolute Gasteiger partial charge is 0.359 e. The number of aliphatic imine (C=N–C) groups is 1. The summed E-state index contributed by atoms with van der Waals surface area (Å²) in [5.41, 5.74) is 0.195. The van der Waals surface area contributed by atoms with Crippen LogP contribution in [0.1, 0.15) is 30.0 Å². The van der Waals surface area contributed by atoms with E-state index in [0.29, 0.717) is 17.9 Å². The third kappa shape index (κ3) is 2.46. The number of aromatic nitrogens is 1. The molecule has 2 aromatic rings. The summed E-state index contributed by atoms with van der Waals surface area (Å²) < 4.78 is 33.6. The number of amides is 1. The minimum Gasteiger partial charge on any atom is -0.359 e. The van der Waals surface area contributed by atoms with Crippen LogP contribution in [-0.4, -0.2) is 23.8 Å². The van der Waals surface area contributed by atoms with Crippen LogP contribution in [0.25, 0.3) is 0 Å². The average molecular weight is 329 g/mol. The number of halogens is 2. The second-order valence-corrected chi connectivity index (χ2v) is 5.14. The maximum absolute atomic E-state index is 14.2. The van der Waals surface area contributed by atoms with Crippen molar-refractivity contribution in [3.8, 4) is 12.3 Å². The Morgan fingerprint density at radius 1 is 1.38 bits per heavy atom. The van der Waals surface area contributed by atoms with Crippen molar-refractivity contribution >= 4 is 17.8 Å². The molecule has 0 bridgehead atoms. The Hall–Kier alpha value is -3.01. The van der Waals surface area contributed by atoms with Gasteiger partial charge in [0, 0.05) is 6.42 Å². The first-order valence-electron chi connectivity index (χ1n) is 7.29. The SMILES string of the molecule is C#CCN1C(=O)C=NC(c2c(F)cccc2F)c2noc(CC)c21. The van der Waals surface area contributed by atoms with E-state index < -0.39 is 23.6 Å². The Morgan fingerprint density at radius 3 is 2.71 bits per heavy atom. The lowest BCUT2D eigenvalue weighted by Gasteiger charge is -2.18. The summed E-state index contributed by atoms with van der Waals surface area (Å²) in [5.74, 6) is 0.738. The van der Waals surface area contributed by atoms with Crippen LogP contribution in [0.5, 0.6) is 0 Å². The minimum absolute atomic E-state index is 0.0292. The van der Waals surface area contributed by atoms with Gasteiger partial charge in [-0.2, -0.15) is 0 Å². The number of nitrogens with zero attached hydrogens (tertiary/aromatic N) is 3. The molecule has 1 unspecified atom stereocenters. The maximum Gasteiger partial charge on any atom is 0.270 e. The Kier molecular flexibility index (Phi) is 4.13. The highest BCUT2D eigenvalue weighted by molar-refractivity contribution is 6.33. The van der Waals surface area contributed by atoms with Crippen molar-refractivity contribution in [2.45, 2.75) is 19.4 Å². The van der Waals surface area contributed by atoms with E-state index in [9.17, 15) is 13.6 Å². The van der Waals surface area contributed by atoms with Crippen LogP contribution >= 0.6 is 0 Å². The van der Waals surface area contributed by atoms with Gasteiger partial charge in [0.2, 0.25) is 0 Å². The molecule has 1 aromatic carbocycles. The Balaban J connectivity index is 2.25. The summed E-state index contributed by atoms with van der Waals surface area (Å²) in [6.45, 7) is 1.78. The smallest absolute Gasteiger partial charge is 0.270 e. The predicted octanol–water partition coefficient (Wildman–Crippen LogP) is 2.66. The highest BCUT2D eigenvalue weighted by Crippen LogP contribution is 2.39. The molecular formula is C17H13F2N3O2. The van der Waals surface area contributed by atoms with Gasteiger partial charge in [-0.15, -0.1) is 6.42 Å². The number of rotatable bonds is 3.